The normalized spacial score (nSPS) is 14.3. The number of hydrogen-bond acceptors (Lipinski definition) is 6. The number of anilines is 1. The summed E-state index contributed by atoms with van der Waals surface area (Å²) in [6, 6.07) is 8.18. The number of para-hydroxylation sites is 1. The van der Waals surface area contributed by atoms with Crippen LogP contribution >= 0.6 is 11.8 Å². The molecule has 7 nitrogen and oxygen atoms in total. The minimum absolute atomic E-state index is 0.0355. The van der Waals surface area contributed by atoms with E-state index in [0.29, 0.717) is 19.0 Å². The molecule has 0 radical (unpaired) electrons. The van der Waals surface area contributed by atoms with Crippen molar-refractivity contribution in [2.24, 2.45) is 0 Å². The molecule has 2 heterocycles. The fourth-order valence-electron chi connectivity index (χ4n) is 3.13. The van der Waals surface area contributed by atoms with E-state index in [0.717, 1.165) is 61.3 Å². The average Bonchev–Trinajstić information content (AvgIpc) is 3.14. The minimum atomic E-state index is 0.0355. The Morgan fingerprint density at radius 1 is 1.21 bits per heavy atom. The number of amides is 1. The van der Waals surface area contributed by atoms with Gasteiger partial charge in [0, 0.05) is 19.6 Å². The fourth-order valence-corrected chi connectivity index (χ4v) is 3.90. The quantitative estimate of drug-likeness (QED) is 0.513. The van der Waals surface area contributed by atoms with Gasteiger partial charge in [-0.05, 0) is 25.0 Å². The lowest BCUT2D eigenvalue weighted by atomic mass is 10.2. The van der Waals surface area contributed by atoms with Crippen molar-refractivity contribution < 1.29 is 9.53 Å². The van der Waals surface area contributed by atoms with Gasteiger partial charge < -0.3 is 15.0 Å². The van der Waals surface area contributed by atoms with E-state index in [-0.39, 0.29) is 5.91 Å². The first-order valence-corrected chi connectivity index (χ1v) is 10.9. The van der Waals surface area contributed by atoms with Gasteiger partial charge in [-0.1, -0.05) is 49.7 Å². The highest BCUT2D eigenvalue weighted by atomic mass is 32.2. The zero-order chi connectivity index (χ0) is 19.8. The number of hydrogen-bond donors (Lipinski definition) is 1. The van der Waals surface area contributed by atoms with Crippen LogP contribution in [0.3, 0.4) is 0 Å². The summed E-state index contributed by atoms with van der Waals surface area (Å²) in [6.07, 6.45) is 3.31. The van der Waals surface area contributed by atoms with E-state index < -0.39 is 0 Å². The number of thioether (sulfide) groups is 1. The Hall–Kier alpha value is -2.06. The van der Waals surface area contributed by atoms with Crippen LogP contribution in [0, 0.1) is 6.92 Å². The number of nitrogens with zero attached hydrogens (tertiary/aromatic N) is 4. The molecule has 152 valence electrons. The van der Waals surface area contributed by atoms with Crippen LogP contribution in [0.15, 0.2) is 29.4 Å². The lowest BCUT2D eigenvalue weighted by molar-refractivity contribution is -0.118. The Morgan fingerprint density at radius 3 is 2.75 bits per heavy atom. The lowest BCUT2D eigenvalue weighted by Gasteiger charge is -2.28. The number of ether oxygens (including phenoxy) is 1. The molecule has 0 atom stereocenters. The number of carbonyl (C=O) groups is 1. The molecule has 1 aromatic carbocycles. The SMILES string of the molecule is CCCCCNC(=O)CSc1nnc(N2CCOCC2)n1-c1ccccc1C. The monoisotopic (exact) mass is 403 g/mol. The number of aryl methyl sites for hydroxylation is 1. The first kappa shape index (κ1) is 20.7. The summed E-state index contributed by atoms with van der Waals surface area (Å²) >= 11 is 1.43. The van der Waals surface area contributed by atoms with E-state index in [4.69, 9.17) is 4.74 Å². The summed E-state index contributed by atoms with van der Waals surface area (Å²) in [5.74, 6) is 1.18. The standard InChI is InChI=1S/C20H29N5O2S/c1-3-4-7-10-21-18(26)15-28-20-23-22-19(24-11-13-27-14-12-24)25(20)17-9-6-5-8-16(17)2/h5-6,8-9H,3-4,7,10-15H2,1-2H3,(H,21,26). The van der Waals surface area contributed by atoms with E-state index >= 15 is 0 Å². The van der Waals surface area contributed by atoms with Gasteiger partial charge in [-0.2, -0.15) is 0 Å². The highest BCUT2D eigenvalue weighted by molar-refractivity contribution is 7.99. The van der Waals surface area contributed by atoms with Crippen LogP contribution in [-0.2, 0) is 9.53 Å². The molecule has 1 aliphatic rings. The third-order valence-electron chi connectivity index (χ3n) is 4.70. The molecule has 1 fully saturated rings. The summed E-state index contributed by atoms with van der Waals surface area (Å²) in [6.45, 7) is 7.90. The van der Waals surface area contributed by atoms with Crippen LogP contribution in [0.2, 0.25) is 0 Å². The zero-order valence-corrected chi connectivity index (χ0v) is 17.5. The van der Waals surface area contributed by atoms with Gasteiger partial charge in [-0.25, -0.2) is 0 Å². The molecule has 0 bridgehead atoms. The van der Waals surface area contributed by atoms with Crippen molar-refractivity contribution >= 4 is 23.6 Å². The van der Waals surface area contributed by atoms with Crippen LogP contribution in [0.5, 0.6) is 0 Å². The summed E-state index contributed by atoms with van der Waals surface area (Å²) < 4.78 is 7.54. The van der Waals surface area contributed by atoms with E-state index in [1.807, 2.05) is 12.1 Å². The maximum atomic E-state index is 12.2. The predicted octanol–water partition coefficient (Wildman–Crippen LogP) is 2.81. The van der Waals surface area contributed by atoms with Crippen molar-refractivity contribution in [1.29, 1.82) is 0 Å². The molecule has 2 aromatic rings. The van der Waals surface area contributed by atoms with Crippen LogP contribution in [0.25, 0.3) is 5.69 Å². The van der Waals surface area contributed by atoms with E-state index in [9.17, 15) is 4.79 Å². The van der Waals surface area contributed by atoms with Crippen molar-refractivity contribution in [2.75, 3.05) is 43.5 Å². The molecule has 1 saturated heterocycles. The Balaban J connectivity index is 1.76. The summed E-state index contributed by atoms with van der Waals surface area (Å²) in [5, 5.41) is 12.6. The molecule has 28 heavy (non-hydrogen) atoms. The fraction of sp³-hybridized carbons (Fsp3) is 0.550. The van der Waals surface area contributed by atoms with Crippen molar-refractivity contribution in [3.05, 3.63) is 29.8 Å². The zero-order valence-electron chi connectivity index (χ0n) is 16.7. The third kappa shape index (κ3) is 5.26. The smallest absolute Gasteiger partial charge is 0.232 e. The van der Waals surface area contributed by atoms with Gasteiger partial charge in [-0.15, -0.1) is 10.2 Å². The van der Waals surface area contributed by atoms with Crippen LogP contribution in [0.1, 0.15) is 31.7 Å². The second kappa shape index (κ2) is 10.5. The minimum Gasteiger partial charge on any atom is -0.378 e. The van der Waals surface area contributed by atoms with Gasteiger partial charge in [0.25, 0.3) is 0 Å². The maximum Gasteiger partial charge on any atom is 0.232 e. The first-order chi connectivity index (χ1) is 13.7. The summed E-state index contributed by atoms with van der Waals surface area (Å²) in [7, 11) is 0. The average molecular weight is 404 g/mol. The van der Waals surface area contributed by atoms with Crippen molar-refractivity contribution in [2.45, 2.75) is 38.3 Å². The number of benzene rings is 1. The van der Waals surface area contributed by atoms with Gasteiger partial charge in [0.05, 0.1) is 24.7 Å². The number of aromatic nitrogens is 3. The Bertz CT molecular complexity index is 774. The molecular formula is C20H29N5O2S. The van der Waals surface area contributed by atoms with Gasteiger partial charge in [-0.3, -0.25) is 9.36 Å². The second-order valence-electron chi connectivity index (χ2n) is 6.85. The van der Waals surface area contributed by atoms with E-state index in [2.05, 4.69) is 51.0 Å². The van der Waals surface area contributed by atoms with Gasteiger partial charge >= 0.3 is 0 Å². The lowest BCUT2D eigenvalue weighted by Crippen LogP contribution is -2.38. The second-order valence-corrected chi connectivity index (χ2v) is 7.79. The van der Waals surface area contributed by atoms with Crippen LogP contribution in [0.4, 0.5) is 5.95 Å². The van der Waals surface area contributed by atoms with Gasteiger partial charge in [0.1, 0.15) is 0 Å². The Morgan fingerprint density at radius 2 is 2.00 bits per heavy atom. The first-order valence-electron chi connectivity index (χ1n) is 9.94. The van der Waals surface area contributed by atoms with E-state index in [1.165, 1.54) is 11.8 Å². The Kier molecular flexibility index (Phi) is 7.73. The van der Waals surface area contributed by atoms with Gasteiger partial charge in [0.2, 0.25) is 11.9 Å². The van der Waals surface area contributed by atoms with Crippen LogP contribution in [-0.4, -0.2) is 59.3 Å². The molecule has 0 unspecified atom stereocenters. The molecular weight excluding hydrogens is 374 g/mol. The van der Waals surface area contributed by atoms with Gasteiger partial charge in [0.15, 0.2) is 5.16 Å². The van der Waals surface area contributed by atoms with Crippen molar-refractivity contribution in [3.8, 4) is 5.69 Å². The van der Waals surface area contributed by atoms with Crippen molar-refractivity contribution in [1.82, 2.24) is 20.1 Å². The highest BCUT2D eigenvalue weighted by Crippen LogP contribution is 2.28. The molecule has 1 aliphatic heterocycles. The molecule has 1 amide bonds. The molecule has 3 rings (SSSR count). The number of rotatable bonds is 9. The topological polar surface area (TPSA) is 72.3 Å². The van der Waals surface area contributed by atoms with Crippen molar-refractivity contribution in [3.63, 3.8) is 0 Å². The number of carbonyl (C=O) groups excluding carboxylic acids is 1. The number of morpholine rings is 1. The van der Waals surface area contributed by atoms with E-state index in [1.54, 1.807) is 0 Å². The highest BCUT2D eigenvalue weighted by Gasteiger charge is 2.23. The third-order valence-corrected chi connectivity index (χ3v) is 5.63. The largest absolute Gasteiger partial charge is 0.378 e. The molecule has 0 spiro atoms. The number of nitrogens with one attached hydrogen (secondary N) is 1. The molecule has 1 aromatic heterocycles. The summed E-state index contributed by atoms with van der Waals surface area (Å²) in [4.78, 5) is 14.4. The predicted molar refractivity (Wildman–Crippen MR) is 112 cm³/mol. The van der Waals surface area contributed by atoms with Crippen LogP contribution < -0.4 is 10.2 Å². The molecule has 8 heteroatoms. The molecule has 0 aliphatic carbocycles. The molecule has 1 N–H and O–H groups in total. The maximum absolute atomic E-state index is 12.2. The number of unbranched alkanes of at least 4 members (excludes halogenated alkanes) is 2. The molecule has 0 saturated carbocycles. The summed E-state index contributed by atoms with van der Waals surface area (Å²) in [5.41, 5.74) is 2.18. The Labute approximate surface area is 170 Å².